The van der Waals surface area contributed by atoms with Gasteiger partial charge >= 0.3 is 5.97 Å². The van der Waals surface area contributed by atoms with Crippen molar-refractivity contribution in [2.45, 2.75) is 25.3 Å². The maximum atomic E-state index is 14.0. The molecule has 0 radical (unpaired) electrons. The van der Waals surface area contributed by atoms with E-state index in [0.717, 1.165) is 4.68 Å². The van der Waals surface area contributed by atoms with Crippen LogP contribution in [0.15, 0.2) is 36.5 Å². The van der Waals surface area contributed by atoms with Crippen LogP contribution in [0.1, 0.15) is 17.7 Å². The molecule has 0 unspecified atom stereocenters. The molecular weight excluding hydrogens is 268 g/mol. The lowest BCUT2D eigenvalue weighted by atomic mass is 10.1. The molecule has 0 aliphatic heterocycles. The molecule has 0 bridgehead atoms. The third-order valence-corrected chi connectivity index (χ3v) is 2.74. The smallest absolute Gasteiger partial charge is 0.303 e. The van der Waals surface area contributed by atoms with E-state index in [1.807, 2.05) is 0 Å². The molecule has 0 atom stereocenters. The van der Waals surface area contributed by atoms with Gasteiger partial charge in [0.2, 0.25) is 0 Å². The van der Waals surface area contributed by atoms with E-state index in [4.69, 9.17) is 5.11 Å². The van der Waals surface area contributed by atoms with Crippen molar-refractivity contribution in [2.24, 2.45) is 0 Å². The summed E-state index contributed by atoms with van der Waals surface area (Å²) in [6.07, 6.45) is 1.42. The molecule has 0 aliphatic carbocycles. The second kappa shape index (κ2) is 5.77. The lowest BCUT2D eigenvalue weighted by Crippen LogP contribution is -2.21. The summed E-state index contributed by atoms with van der Waals surface area (Å²) in [5, 5.41) is 15.8. The van der Waals surface area contributed by atoms with Gasteiger partial charge in [0.05, 0.1) is 12.1 Å². The van der Waals surface area contributed by atoms with E-state index in [0.29, 0.717) is 5.69 Å². The van der Waals surface area contributed by atoms with Gasteiger partial charge in [0.15, 0.2) is 0 Å². The molecule has 0 amide bonds. The highest BCUT2D eigenvalue weighted by Crippen LogP contribution is 2.29. The number of hydrogen-bond acceptors (Lipinski definition) is 3. The first-order valence-corrected chi connectivity index (χ1v) is 6.01. The Morgan fingerprint density at radius 1 is 1.30 bits per heavy atom. The number of nitrogens with zero attached hydrogens (tertiary/aromatic N) is 3. The summed E-state index contributed by atoms with van der Waals surface area (Å²) in [4.78, 5) is 10.4. The van der Waals surface area contributed by atoms with Gasteiger partial charge in [-0.25, -0.2) is 4.68 Å². The second-order valence-corrected chi connectivity index (χ2v) is 4.37. The number of carboxylic acids is 1. The molecule has 7 heteroatoms. The minimum Gasteiger partial charge on any atom is -0.481 e. The van der Waals surface area contributed by atoms with Gasteiger partial charge in [-0.2, -0.15) is 8.78 Å². The SMILES string of the molecule is O=C(O)CCc1cn(CC(F)(F)c2ccccc2)nn1. The molecule has 0 saturated heterocycles. The van der Waals surface area contributed by atoms with Crippen molar-refractivity contribution < 1.29 is 18.7 Å². The van der Waals surface area contributed by atoms with E-state index >= 15 is 0 Å². The van der Waals surface area contributed by atoms with Crippen LogP contribution in [0.3, 0.4) is 0 Å². The van der Waals surface area contributed by atoms with Crippen molar-refractivity contribution in [1.82, 2.24) is 15.0 Å². The number of rotatable bonds is 6. The fraction of sp³-hybridized carbons (Fsp3) is 0.308. The molecule has 1 aromatic carbocycles. The molecule has 2 rings (SSSR count). The highest BCUT2D eigenvalue weighted by molar-refractivity contribution is 5.66. The summed E-state index contributed by atoms with van der Waals surface area (Å²) in [7, 11) is 0. The normalized spacial score (nSPS) is 11.5. The van der Waals surface area contributed by atoms with Gasteiger partial charge in [0.25, 0.3) is 5.92 Å². The Kier molecular flexibility index (Phi) is 4.07. The van der Waals surface area contributed by atoms with E-state index in [1.54, 1.807) is 18.2 Å². The number of aryl methyl sites for hydroxylation is 1. The predicted octanol–water partition coefficient (Wildman–Crippen LogP) is 2.09. The Balaban J connectivity index is 2.04. The fourth-order valence-electron chi connectivity index (χ4n) is 1.74. The Labute approximate surface area is 113 Å². The number of aliphatic carboxylic acids is 1. The van der Waals surface area contributed by atoms with Crippen LogP contribution in [0.25, 0.3) is 0 Å². The van der Waals surface area contributed by atoms with Crippen LogP contribution in [-0.2, 0) is 23.7 Å². The number of aromatic nitrogens is 3. The molecule has 5 nitrogen and oxygen atoms in total. The van der Waals surface area contributed by atoms with E-state index in [2.05, 4.69) is 10.3 Å². The van der Waals surface area contributed by atoms with Crippen molar-refractivity contribution in [3.63, 3.8) is 0 Å². The van der Waals surface area contributed by atoms with Gasteiger partial charge in [0, 0.05) is 18.2 Å². The Bertz CT molecular complexity index is 584. The summed E-state index contributed by atoms with van der Waals surface area (Å²) < 4.78 is 29.0. The molecule has 2 aromatic rings. The predicted molar refractivity (Wildman–Crippen MR) is 66.3 cm³/mol. The highest BCUT2D eigenvalue weighted by Gasteiger charge is 2.32. The minimum atomic E-state index is -3.06. The third-order valence-electron chi connectivity index (χ3n) is 2.74. The molecule has 20 heavy (non-hydrogen) atoms. The zero-order valence-electron chi connectivity index (χ0n) is 10.5. The Hall–Kier alpha value is -2.31. The van der Waals surface area contributed by atoms with Gasteiger partial charge in [0.1, 0.15) is 6.54 Å². The van der Waals surface area contributed by atoms with Crippen LogP contribution in [0.2, 0.25) is 0 Å². The summed E-state index contributed by atoms with van der Waals surface area (Å²) in [6, 6.07) is 7.45. The average molecular weight is 281 g/mol. The third kappa shape index (κ3) is 3.59. The maximum absolute atomic E-state index is 14.0. The molecule has 1 heterocycles. The van der Waals surface area contributed by atoms with Crippen molar-refractivity contribution in [3.8, 4) is 0 Å². The van der Waals surface area contributed by atoms with Gasteiger partial charge in [-0.1, -0.05) is 35.5 Å². The number of alkyl halides is 2. The van der Waals surface area contributed by atoms with Crippen LogP contribution in [0.5, 0.6) is 0 Å². The number of hydrogen-bond donors (Lipinski definition) is 1. The Morgan fingerprint density at radius 3 is 2.65 bits per heavy atom. The van der Waals surface area contributed by atoms with Crippen molar-refractivity contribution in [1.29, 1.82) is 0 Å². The first-order valence-electron chi connectivity index (χ1n) is 6.01. The Morgan fingerprint density at radius 2 is 2.00 bits per heavy atom. The maximum Gasteiger partial charge on any atom is 0.303 e. The lowest BCUT2D eigenvalue weighted by Gasteiger charge is -2.15. The van der Waals surface area contributed by atoms with Crippen molar-refractivity contribution >= 4 is 5.97 Å². The van der Waals surface area contributed by atoms with Crippen LogP contribution in [0, 0.1) is 0 Å². The number of carbonyl (C=O) groups is 1. The van der Waals surface area contributed by atoms with Crippen molar-refractivity contribution in [2.75, 3.05) is 0 Å². The molecule has 0 fully saturated rings. The van der Waals surface area contributed by atoms with Crippen LogP contribution >= 0.6 is 0 Å². The number of carboxylic acid groups (broad SMARTS) is 1. The first kappa shape index (κ1) is 14.1. The zero-order chi connectivity index (χ0) is 14.6. The van der Waals surface area contributed by atoms with Gasteiger partial charge in [-0.15, -0.1) is 5.10 Å². The summed E-state index contributed by atoms with van der Waals surface area (Å²) >= 11 is 0. The fourth-order valence-corrected chi connectivity index (χ4v) is 1.74. The van der Waals surface area contributed by atoms with Gasteiger partial charge in [-0.05, 0) is 0 Å². The molecular formula is C13H13F2N3O2. The monoisotopic (exact) mass is 281 g/mol. The molecule has 0 saturated carbocycles. The average Bonchev–Trinajstić information content (AvgIpc) is 2.84. The van der Waals surface area contributed by atoms with E-state index in [9.17, 15) is 13.6 Å². The van der Waals surface area contributed by atoms with Gasteiger partial charge in [-0.3, -0.25) is 4.79 Å². The second-order valence-electron chi connectivity index (χ2n) is 4.37. The molecule has 1 aromatic heterocycles. The van der Waals surface area contributed by atoms with E-state index < -0.39 is 18.4 Å². The van der Waals surface area contributed by atoms with Crippen molar-refractivity contribution in [3.05, 3.63) is 47.8 Å². The number of benzene rings is 1. The summed E-state index contributed by atoms with van der Waals surface area (Å²) in [6.45, 7) is -0.628. The molecule has 0 aliphatic rings. The summed E-state index contributed by atoms with van der Waals surface area (Å²) in [5.74, 6) is -4.02. The molecule has 1 N–H and O–H groups in total. The minimum absolute atomic E-state index is 0.0948. The van der Waals surface area contributed by atoms with Gasteiger partial charge < -0.3 is 5.11 Å². The topological polar surface area (TPSA) is 68.0 Å². The first-order chi connectivity index (χ1) is 9.47. The largest absolute Gasteiger partial charge is 0.481 e. The van der Waals surface area contributed by atoms with Crippen LogP contribution in [0.4, 0.5) is 8.78 Å². The molecule has 0 spiro atoms. The zero-order valence-corrected chi connectivity index (χ0v) is 10.5. The number of halogens is 2. The highest BCUT2D eigenvalue weighted by atomic mass is 19.3. The summed E-state index contributed by atoms with van der Waals surface area (Å²) in [5.41, 5.74) is 0.291. The van der Waals surface area contributed by atoms with Crippen LogP contribution < -0.4 is 0 Å². The standard InChI is InChI=1S/C13H13F2N3O2/c14-13(15,10-4-2-1-3-5-10)9-18-8-11(16-17-18)6-7-12(19)20/h1-5,8H,6-7,9H2,(H,19,20). The quantitative estimate of drug-likeness (QED) is 0.880. The molecule has 106 valence electrons. The lowest BCUT2D eigenvalue weighted by molar-refractivity contribution is -0.136. The van der Waals surface area contributed by atoms with E-state index in [1.165, 1.54) is 18.3 Å². The van der Waals surface area contributed by atoms with E-state index in [-0.39, 0.29) is 18.4 Å². The van der Waals surface area contributed by atoms with Crippen LogP contribution in [-0.4, -0.2) is 26.1 Å².